The number of methoxy groups -OCH3 is 1. The molecule has 2 aromatic rings. The van der Waals surface area contributed by atoms with E-state index in [-0.39, 0.29) is 5.91 Å². The van der Waals surface area contributed by atoms with E-state index < -0.39 is 0 Å². The van der Waals surface area contributed by atoms with E-state index in [2.05, 4.69) is 5.32 Å². The molecule has 1 N–H and O–H groups in total. The number of carbonyl (C=O) groups excluding carboxylic acids is 1. The van der Waals surface area contributed by atoms with E-state index in [9.17, 15) is 4.79 Å². The molecule has 2 aromatic carbocycles. The number of ether oxygens (including phenoxy) is 1. The Morgan fingerprint density at radius 2 is 1.82 bits per heavy atom. The second-order valence-electron chi connectivity index (χ2n) is 4.77. The molecule has 0 fully saturated rings. The van der Waals surface area contributed by atoms with E-state index in [4.69, 9.17) is 16.3 Å². The molecule has 0 radical (unpaired) electrons. The van der Waals surface area contributed by atoms with Gasteiger partial charge in [0.05, 0.1) is 7.11 Å². The minimum atomic E-state index is -0.108. The summed E-state index contributed by atoms with van der Waals surface area (Å²) in [6, 6.07) is 15.1. The molecule has 0 spiro atoms. The molecule has 0 aliphatic rings. The number of hydrogen-bond acceptors (Lipinski definition) is 2. The van der Waals surface area contributed by atoms with Crippen LogP contribution in [0.2, 0.25) is 5.02 Å². The Labute approximate surface area is 135 Å². The van der Waals surface area contributed by atoms with Crippen LogP contribution in [0.3, 0.4) is 0 Å². The van der Waals surface area contributed by atoms with Crippen molar-refractivity contribution in [1.29, 1.82) is 0 Å². The van der Waals surface area contributed by atoms with Crippen molar-refractivity contribution in [2.45, 2.75) is 6.42 Å². The third kappa shape index (κ3) is 5.26. The van der Waals surface area contributed by atoms with Gasteiger partial charge in [0.25, 0.3) is 0 Å². The predicted molar refractivity (Wildman–Crippen MR) is 90.2 cm³/mol. The third-order valence-corrected chi connectivity index (χ3v) is 3.42. The van der Waals surface area contributed by atoms with Crippen LogP contribution < -0.4 is 10.1 Å². The summed E-state index contributed by atoms with van der Waals surface area (Å²) < 4.78 is 5.11. The molecule has 22 heavy (non-hydrogen) atoms. The first kappa shape index (κ1) is 16.1. The highest BCUT2D eigenvalue weighted by Gasteiger charge is 1.98. The molecule has 0 aliphatic heterocycles. The lowest BCUT2D eigenvalue weighted by molar-refractivity contribution is -0.116. The van der Waals surface area contributed by atoms with Gasteiger partial charge in [0.15, 0.2) is 0 Å². The predicted octanol–water partition coefficient (Wildman–Crippen LogP) is 3.72. The highest BCUT2D eigenvalue weighted by molar-refractivity contribution is 6.30. The summed E-state index contributed by atoms with van der Waals surface area (Å²) in [5.41, 5.74) is 2.09. The molecule has 2 rings (SSSR count). The van der Waals surface area contributed by atoms with Gasteiger partial charge >= 0.3 is 0 Å². The summed E-state index contributed by atoms with van der Waals surface area (Å²) in [7, 11) is 1.64. The average Bonchev–Trinajstić information content (AvgIpc) is 2.55. The second-order valence-corrected chi connectivity index (χ2v) is 5.21. The largest absolute Gasteiger partial charge is 0.497 e. The average molecular weight is 316 g/mol. The number of rotatable bonds is 6. The second kappa shape index (κ2) is 8.25. The van der Waals surface area contributed by atoms with Gasteiger partial charge in [-0.25, -0.2) is 0 Å². The Morgan fingerprint density at radius 3 is 2.45 bits per heavy atom. The lowest BCUT2D eigenvalue weighted by Crippen LogP contribution is -2.23. The topological polar surface area (TPSA) is 38.3 Å². The molecule has 0 atom stereocenters. The fourth-order valence-electron chi connectivity index (χ4n) is 1.93. The molecular weight excluding hydrogens is 298 g/mol. The highest BCUT2D eigenvalue weighted by Crippen LogP contribution is 2.12. The van der Waals surface area contributed by atoms with Crippen molar-refractivity contribution in [1.82, 2.24) is 5.32 Å². The van der Waals surface area contributed by atoms with Crippen LogP contribution in [0, 0.1) is 0 Å². The van der Waals surface area contributed by atoms with Crippen LogP contribution in [0.25, 0.3) is 6.08 Å². The van der Waals surface area contributed by atoms with Gasteiger partial charge in [-0.05, 0) is 47.9 Å². The number of halogens is 1. The Hall–Kier alpha value is -2.26. The van der Waals surface area contributed by atoms with Crippen LogP contribution >= 0.6 is 11.6 Å². The van der Waals surface area contributed by atoms with Gasteiger partial charge < -0.3 is 10.1 Å². The minimum absolute atomic E-state index is 0.108. The van der Waals surface area contributed by atoms with Gasteiger partial charge in [-0.15, -0.1) is 0 Å². The fourth-order valence-corrected chi connectivity index (χ4v) is 2.05. The highest BCUT2D eigenvalue weighted by atomic mass is 35.5. The van der Waals surface area contributed by atoms with Gasteiger partial charge in [0, 0.05) is 17.6 Å². The van der Waals surface area contributed by atoms with Gasteiger partial charge in [-0.1, -0.05) is 35.9 Å². The van der Waals surface area contributed by atoms with Crippen LogP contribution in [0.5, 0.6) is 5.75 Å². The van der Waals surface area contributed by atoms with Crippen molar-refractivity contribution < 1.29 is 9.53 Å². The quantitative estimate of drug-likeness (QED) is 0.825. The summed E-state index contributed by atoms with van der Waals surface area (Å²) in [5, 5.41) is 3.54. The molecule has 0 saturated carbocycles. The van der Waals surface area contributed by atoms with E-state index in [1.165, 1.54) is 6.08 Å². The van der Waals surface area contributed by atoms with Crippen LogP contribution in [0.1, 0.15) is 11.1 Å². The SMILES string of the molecule is COc1ccc(CCNC(=O)C=Cc2ccc(Cl)cc2)cc1. The molecule has 0 aliphatic carbocycles. The maximum atomic E-state index is 11.7. The Kier molecular flexibility index (Phi) is 6.04. The minimum Gasteiger partial charge on any atom is -0.497 e. The molecule has 0 bridgehead atoms. The molecule has 0 unspecified atom stereocenters. The van der Waals surface area contributed by atoms with E-state index in [1.54, 1.807) is 25.3 Å². The summed E-state index contributed by atoms with van der Waals surface area (Å²) in [5.74, 6) is 0.724. The van der Waals surface area contributed by atoms with Crippen LogP contribution in [-0.4, -0.2) is 19.6 Å². The maximum absolute atomic E-state index is 11.7. The first-order valence-electron chi connectivity index (χ1n) is 7.02. The maximum Gasteiger partial charge on any atom is 0.244 e. The van der Waals surface area contributed by atoms with Gasteiger partial charge in [-0.2, -0.15) is 0 Å². The molecule has 0 saturated heterocycles. The Balaban J connectivity index is 1.76. The van der Waals surface area contributed by atoms with E-state index in [1.807, 2.05) is 36.4 Å². The third-order valence-electron chi connectivity index (χ3n) is 3.17. The van der Waals surface area contributed by atoms with Crippen molar-refractivity contribution in [2.24, 2.45) is 0 Å². The van der Waals surface area contributed by atoms with Crippen molar-refractivity contribution in [2.75, 3.05) is 13.7 Å². The zero-order valence-corrected chi connectivity index (χ0v) is 13.1. The monoisotopic (exact) mass is 315 g/mol. The zero-order chi connectivity index (χ0) is 15.8. The number of amides is 1. The zero-order valence-electron chi connectivity index (χ0n) is 12.4. The van der Waals surface area contributed by atoms with Crippen molar-refractivity contribution in [3.8, 4) is 5.75 Å². The summed E-state index contributed by atoms with van der Waals surface area (Å²) in [6.45, 7) is 0.593. The van der Waals surface area contributed by atoms with Crippen molar-refractivity contribution >= 4 is 23.6 Å². The van der Waals surface area contributed by atoms with Crippen LogP contribution in [0.4, 0.5) is 0 Å². The Bertz CT molecular complexity index is 633. The van der Waals surface area contributed by atoms with E-state index in [0.29, 0.717) is 11.6 Å². The summed E-state index contributed by atoms with van der Waals surface area (Å²) >= 11 is 5.81. The van der Waals surface area contributed by atoms with Gasteiger partial charge in [0.1, 0.15) is 5.75 Å². The standard InChI is InChI=1S/C18H18ClNO2/c1-22-17-9-4-15(5-10-17)12-13-20-18(21)11-6-14-2-7-16(19)8-3-14/h2-11H,12-13H2,1H3,(H,20,21). The van der Waals surface area contributed by atoms with Crippen molar-refractivity contribution in [3.63, 3.8) is 0 Å². The van der Waals surface area contributed by atoms with Crippen LogP contribution in [0.15, 0.2) is 54.6 Å². The fraction of sp³-hybridized carbons (Fsp3) is 0.167. The van der Waals surface area contributed by atoms with Crippen molar-refractivity contribution in [3.05, 3.63) is 70.8 Å². The summed E-state index contributed by atoms with van der Waals surface area (Å²) in [6.07, 6.45) is 4.07. The van der Waals surface area contributed by atoms with E-state index >= 15 is 0 Å². The first-order chi connectivity index (χ1) is 10.7. The summed E-state index contributed by atoms with van der Waals surface area (Å²) in [4.78, 5) is 11.7. The van der Waals surface area contributed by atoms with Gasteiger partial charge in [0.2, 0.25) is 5.91 Å². The van der Waals surface area contributed by atoms with Crippen LogP contribution in [-0.2, 0) is 11.2 Å². The lowest BCUT2D eigenvalue weighted by atomic mass is 10.1. The van der Waals surface area contributed by atoms with E-state index in [0.717, 1.165) is 23.3 Å². The number of hydrogen-bond donors (Lipinski definition) is 1. The molecule has 0 heterocycles. The number of carbonyl (C=O) groups is 1. The smallest absolute Gasteiger partial charge is 0.244 e. The first-order valence-corrected chi connectivity index (χ1v) is 7.39. The molecule has 4 heteroatoms. The molecule has 3 nitrogen and oxygen atoms in total. The molecular formula is C18H18ClNO2. The number of nitrogens with one attached hydrogen (secondary N) is 1. The molecule has 0 aromatic heterocycles. The molecule has 114 valence electrons. The molecule has 1 amide bonds. The lowest BCUT2D eigenvalue weighted by Gasteiger charge is -2.04. The van der Waals surface area contributed by atoms with Gasteiger partial charge in [-0.3, -0.25) is 4.79 Å². The normalized spacial score (nSPS) is 10.6. The Morgan fingerprint density at radius 1 is 1.14 bits per heavy atom. The number of benzene rings is 2.